The summed E-state index contributed by atoms with van der Waals surface area (Å²) in [5.41, 5.74) is 2.87. The number of aryl methyl sites for hydroxylation is 1. The number of anilines is 1. The molecule has 1 saturated heterocycles. The molecule has 0 saturated carbocycles. The lowest BCUT2D eigenvalue weighted by molar-refractivity contribution is -0.143. The summed E-state index contributed by atoms with van der Waals surface area (Å²) in [6.07, 6.45) is -1.52. The van der Waals surface area contributed by atoms with E-state index in [1.54, 1.807) is 27.0 Å². The van der Waals surface area contributed by atoms with Crippen LogP contribution in [0.3, 0.4) is 0 Å². The molecule has 3 amide bonds. The van der Waals surface area contributed by atoms with Gasteiger partial charge < -0.3 is 28.9 Å². The zero-order valence-electron chi connectivity index (χ0n) is 30.1. The molecule has 0 radical (unpaired) electrons. The molecule has 2 heterocycles. The molecule has 280 valence electrons. The third-order valence-corrected chi connectivity index (χ3v) is 9.13. The summed E-state index contributed by atoms with van der Waals surface area (Å²) >= 11 is 0. The van der Waals surface area contributed by atoms with Gasteiger partial charge in [-0.25, -0.2) is 0 Å². The molecular formula is C40H44F3N5O5. The highest BCUT2D eigenvalue weighted by molar-refractivity contribution is 5.95. The molecule has 0 bridgehead atoms. The zero-order chi connectivity index (χ0) is 38.0. The van der Waals surface area contributed by atoms with Crippen molar-refractivity contribution in [3.8, 4) is 0 Å². The van der Waals surface area contributed by atoms with Gasteiger partial charge in [-0.15, -0.1) is 0 Å². The molecule has 1 aliphatic rings. The molecule has 0 aliphatic carbocycles. The van der Waals surface area contributed by atoms with Gasteiger partial charge in [-0.3, -0.25) is 14.4 Å². The summed E-state index contributed by atoms with van der Waals surface area (Å²) in [4.78, 5) is 47.3. The van der Waals surface area contributed by atoms with Crippen molar-refractivity contribution in [2.45, 2.75) is 45.6 Å². The molecule has 0 unspecified atom stereocenters. The lowest BCUT2D eigenvalue weighted by Gasteiger charge is -2.36. The van der Waals surface area contributed by atoms with Crippen molar-refractivity contribution in [2.75, 3.05) is 51.3 Å². The molecule has 1 aliphatic heterocycles. The molecule has 0 spiro atoms. The summed E-state index contributed by atoms with van der Waals surface area (Å²) < 4.78 is 50.3. The number of benzene rings is 3. The van der Waals surface area contributed by atoms with Crippen LogP contribution >= 0.6 is 0 Å². The highest BCUT2D eigenvalue weighted by Gasteiger charge is 2.32. The van der Waals surface area contributed by atoms with Crippen LogP contribution in [-0.4, -0.2) is 90.0 Å². The van der Waals surface area contributed by atoms with Gasteiger partial charge in [-0.05, 0) is 54.0 Å². The summed E-state index contributed by atoms with van der Waals surface area (Å²) in [6, 6.07) is 22.5. The maximum atomic E-state index is 14.3. The molecular weight excluding hydrogens is 687 g/mol. The quantitative estimate of drug-likeness (QED) is 0.116. The van der Waals surface area contributed by atoms with Gasteiger partial charge in [0, 0.05) is 77.5 Å². The van der Waals surface area contributed by atoms with E-state index in [1.165, 1.54) is 34.1 Å². The van der Waals surface area contributed by atoms with Gasteiger partial charge in [0.1, 0.15) is 17.5 Å². The predicted octanol–water partition coefficient (Wildman–Crippen LogP) is 6.00. The Hall–Kier alpha value is -5.43. The lowest BCUT2D eigenvalue weighted by atomic mass is 10.0. The molecule has 13 heteroatoms. The van der Waals surface area contributed by atoms with Crippen LogP contribution in [0.5, 0.6) is 0 Å². The first-order chi connectivity index (χ1) is 25.4. The molecule has 1 fully saturated rings. The Morgan fingerprint density at radius 1 is 0.943 bits per heavy atom. The highest BCUT2D eigenvalue weighted by Crippen LogP contribution is 2.29. The minimum absolute atomic E-state index is 0.0523. The fourth-order valence-electron chi connectivity index (χ4n) is 6.07. The van der Waals surface area contributed by atoms with Gasteiger partial charge in [0.2, 0.25) is 17.7 Å². The fraction of sp³-hybridized carbons (Fsp3) is 0.350. The van der Waals surface area contributed by atoms with Crippen LogP contribution in [0, 0.1) is 6.92 Å². The number of carbonyl (C=O) groups excluding carboxylic acids is 3. The number of likely N-dealkylation sites (N-methyl/N-ethyl adjacent to an activating group) is 1. The number of alkyl halides is 3. The fourth-order valence-corrected chi connectivity index (χ4v) is 6.07. The number of aromatic nitrogens is 1. The van der Waals surface area contributed by atoms with E-state index in [2.05, 4.69) is 10.1 Å². The van der Waals surface area contributed by atoms with Crippen molar-refractivity contribution in [1.82, 2.24) is 19.9 Å². The number of nitrogens with zero attached hydrogens (tertiary/aromatic N) is 5. The molecule has 0 N–H and O–H groups in total. The number of carbonyl (C=O) groups is 3. The van der Waals surface area contributed by atoms with E-state index < -0.39 is 23.7 Å². The average molecular weight is 732 g/mol. The average Bonchev–Trinajstić information content (AvgIpc) is 3.58. The Morgan fingerprint density at radius 3 is 2.23 bits per heavy atom. The van der Waals surface area contributed by atoms with Crippen molar-refractivity contribution in [2.24, 2.45) is 0 Å². The van der Waals surface area contributed by atoms with Crippen LogP contribution in [0.2, 0.25) is 0 Å². The molecule has 10 nitrogen and oxygen atoms in total. The molecule has 1 aromatic heterocycles. The molecule has 3 aromatic carbocycles. The van der Waals surface area contributed by atoms with Crippen LogP contribution in [-0.2, 0) is 44.9 Å². The van der Waals surface area contributed by atoms with E-state index in [4.69, 9.17) is 9.26 Å². The predicted molar refractivity (Wildman–Crippen MR) is 194 cm³/mol. The van der Waals surface area contributed by atoms with Gasteiger partial charge in [-0.2, -0.15) is 13.2 Å². The van der Waals surface area contributed by atoms with Crippen LogP contribution in [0.15, 0.2) is 95.5 Å². The third kappa shape index (κ3) is 11.0. The molecule has 4 aromatic rings. The number of hydrogen-bond donors (Lipinski definition) is 0. The number of rotatable bonds is 14. The van der Waals surface area contributed by atoms with Crippen molar-refractivity contribution < 1.29 is 36.8 Å². The second-order valence-corrected chi connectivity index (χ2v) is 13.0. The Kier molecular flexibility index (Phi) is 13.1. The first-order valence-corrected chi connectivity index (χ1v) is 17.4. The first-order valence-electron chi connectivity index (χ1n) is 17.4. The van der Waals surface area contributed by atoms with E-state index in [0.717, 1.165) is 28.9 Å². The Balaban J connectivity index is 1.38. The normalized spacial score (nSPS) is 14.0. The van der Waals surface area contributed by atoms with Gasteiger partial charge in [0.15, 0.2) is 0 Å². The largest absolute Gasteiger partial charge is 0.416 e. The van der Waals surface area contributed by atoms with Gasteiger partial charge in [0.05, 0.1) is 18.8 Å². The second-order valence-electron chi connectivity index (χ2n) is 13.0. The number of halogens is 3. The first kappa shape index (κ1) is 38.8. The summed E-state index contributed by atoms with van der Waals surface area (Å²) in [5.74, 6) is -0.0592. The van der Waals surface area contributed by atoms with Crippen LogP contribution in [0.1, 0.15) is 40.6 Å². The van der Waals surface area contributed by atoms with E-state index in [9.17, 15) is 27.6 Å². The second kappa shape index (κ2) is 17.9. The van der Waals surface area contributed by atoms with Gasteiger partial charge in [-0.1, -0.05) is 59.8 Å². The number of piperazine rings is 1. The van der Waals surface area contributed by atoms with Crippen LogP contribution < -0.4 is 4.90 Å². The van der Waals surface area contributed by atoms with Gasteiger partial charge in [0.25, 0.3) is 0 Å². The lowest BCUT2D eigenvalue weighted by Crippen LogP contribution is -2.51. The van der Waals surface area contributed by atoms with Crippen LogP contribution in [0.25, 0.3) is 6.08 Å². The van der Waals surface area contributed by atoms with E-state index in [-0.39, 0.29) is 44.5 Å². The maximum absolute atomic E-state index is 14.3. The molecule has 1 atom stereocenters. The minimum atomic E-state index is -4.48. The Labute approximate surface area is 307 Å². The number of hydrogen-bond acceptors (Lipinski definition) is 7. The topological polar surface area (TPSA) is 99.4 Å². The summed E-state index contributed by atoms with van der Waals surface area (Å²) in [6.45, 7) is 6.78. The summed E-state index contributed by atoms with van der Waals surface area (Å²) in [7, 11) is 1.66. The van der Waals surface area contributed by atoms with E-state index in [1.807, 2.05) is 59.5 Å². The van der Waals surface area contributed by atoms with Crippen molar-refractivity contribution in [1.29, 1.82) is 0 Å². The monoisotopic (exact) mass is 731 g/mol. The highest BCUT2D eigenvalue weighted by atomic mass is 19.4. The Bertz CT molecular complexity index is 1840. The van der Waals surface area contributed by atoms with E-state index >= 15 is 0 Å². The zero-order valence-corrected chi connectivity index (χ0v) is 30.1. The molecule has 5 rings (SSSR count). The minimum Gasteiger partial charge on any atom is -0.373 e. The smallest absolute Gasteiger partial charge is 0.373 e. The van der Waals surface area contributed by atoms with Gasteiger partial charge >= 0.3 is 6.18 Å². The van der Waals surface area contributed by atoms with E-state index in [0.29, 0.717) is 43.2 Å². The van der Waals surface area contributed by atoms with Crippen molar-refractivity contribution in [3.05, 3.63) is 125 Å². The van der Waals surface area contributed by atoms with Crippen molar-refractivity contribution >= 4 is 29.5 Å². The third-order valence-electron chi connectivity index (χ3n) is 9.13. The standard InChI is InChI=1S/C40H44F3N5O5/c1-29-25-35(44-53-29)28-52-24-23-45(3)39(51)37(26-32-7-5-4-6-8-32)48(38(50)18-13-31-9-14-34(15-10-31)40(41,42)43)27-33-11-16-36(17-12-33)47-21-19-46(20-22-47)30(2)49/h4-18,25,37H,19-24,26-28H2,1-3H3/t37-/m0/s1. The number of amides is 3. The van der Waals surface area contributed by atoms with Crippen LogP contribution in [0.4, 0.5) is 18.9 Å². The number of ether oxygens (including phenoxy) is 1. The maximum Gasteiger partial charge on any atom is 0.416 e. The Morgan fingerprint density at radius 2 is 1.62 bits per heavy atom. The summed E-state index contributed by atoms with van der Waals surface area (Å²) in [5, 5.41) is 3.92. The SMILES string of the molecule is CC(=O)N1CCN(c2ccc(CN(C(=O)C=Cc3ccc(C(F)(F)F)cc3)[C@@H](Cc3ccccc3)C(=O)N(C)CCOCc3cc(C)on3)cc2)CC1. The molecule has 53 heavy (non-hydrogen) atoms. The van der Waals surface area contributed by atoms with Crippen molar-refractivity contribution in [3.63, 3.8) is 0 Å².